The summed E-state index contributed by atoms with van der Waals surface area (Å²) in [6, 6.07) is 3.85. The maximum Gasteiger partial charge on any atom is 0.238 e. The van der Waals surface area contributed by atoms with Crippen LogP contribution in [0.25, 0.3) is 0 Å². The Morgan fingerprint density at radius 3 is 2.89 bits per heavy atom. The van der Waals surface area contributed by atoms with Gasteiger partial charge < -0.3 is 5.73 Å². The van der Waals surface area contributed by atoms with Crippen LogP contribution in [0.3, 0.4) is 0 Å². The Morgan fingerprint density at radius 2 is 2.33 bits per heavy atom. The van der Waals surface area contributed by atoms with Gasteiger partial charge in [-0.1, -0.05) is 6.07 Å². The molecule has 5 nitrogen and oxygen atoms in total. The average Bonchev–Trinajstić information content (AvgIpc) is 2.77. The summed E-state index contributed by atoms with van der Waals surface area (Å²) >= 11 is 1.56. The Bertz CT molecular complexity index is 524. The second-order valence-electron chi connectivity index (χ2n) is 4.57. The van der Waals surface area contributed by atoms with Gasteiger partial charge in [-0.3, -0.25) is 10.1 Å². The lowest BCUT2D eigenvalue weighted by Gasteiger charge is -2.34. The molecule has 1 saturated heterocycles. The van der Waals surface area contributed by atoms with E-state index in [4.69, 9.17) is 5.73 Å². The van der Waals surface area contributed by atoms with E-state index in [0.717, 1.165) is 4.88 Å². The summed E-state index contributed by atoms with van der Waals surface area (Å²) in [7, 11) is -3.19. The second kappa shape index (κ2) is 4.99. The largest absolute Gasteiger partial charge is 0.368 e. The highest BCUT2D eigenvalue weighted by atomic mass is 32.2. The second-order valence-corrected chi connectivity index (χ2v) is 7.79. The van der Waals surface area contributed by atoms with Crippen molar-refractivity contribution in [1.82, 2.24) is 5.32 Å². The molecule has 0 aromatic carbocycles. The molecule has 0 spiro atoms. The number of nitrogens with one attached hydrogen (secondary N) is 1. The summed E-state index contributed by atoms with van der Waals surface area (Å²) in [5.41, 5.74) is 4.29. The zero-order chi connectivity index (χ0) is 13.2. The predicted molar refractivity (Wildman–Crippen MR) is 71.0 cm³/mol. The van der Waals surface area contributed by atoms with Crippen LogP contribution in [0, 0.1) is 0 Å². The molecule has 1 fully saturated rings. The van der Waals surface area contributed by atoms with Crippen LogP contribution < -0.4 is 11.1 Å². The van der Waals surface area contributed by atoms with Crippen molar-refractivity contribution in [3.63, 3.8) is 0 Å². The molecule has 100 valence electrons. The number of carbonyl (C=O) groups excluding carboxylic acids is 1. The molecule has 1 amide bonds. The quantitative estimate of drug-likeness (QED) is 0.832. The van der Waals surface area contributed by atoms with Gasteiger partial charge in [0.25, 0.3) is 0 Å². The molecule has 1 aromatic rings. The van der Waals surface area contributed by atoms with E-state index < -0.39 is 21.3 Å². The van der Waals surface area contributed by atoms with Crippen molar-refractivity contribution in [1.29, 1.82) is 0 Å². The molecule has 1 atom stereocenters. The lowest BCUT2D eigenvalue weighted by Crippen LogP contribution is -2.61. The van der Waals surface area contributed by atoms with Crippen molar-refractivity contribution >= 4 is 27.1 Å². The number of amides is 1. The van der Waals surface area contributed by atoms with Gasteiger partial charge in [-0.2, -0.15) is 0 Å². The van der Waals surface area contributed by atoms with Crippen molar-refractivity contribution < 1.29 is 13.2 Å². The van der Waals surface area contributed by atoms with E-state index in [0.29, 0.717) is 19.4 Å². The molecule has 0 saturated carbocycles. The van der Waals surface area contributed by atoms with E-state index in [9.17, 15) is 13.2 Å². The summed E-state index contributed by atoms with van der Waals surface area (Å²) in [5, 5.41) is 4.99. The maximum atomic E-state index is 11.7. The Kier molecular flexibility index (Phi) is 3.74. The van der Waals surface area contributed by atoms with E-state index in [1.807, 2.05) is 17.5 Å². The minimum absolute atomic E-state index is 0.142. The first kappa shape index (κ1) is 13.5. The van der Waals surface area contributed by atoms with Crippen LogP contribution in [0.4, 0.5) is 0 Å². The van der Waals surface area contributed by atoms with E-state index in [1.165, 1.54) is 0 Å². The number of carbonyl (C=O) groups is 1. The lowest BCUT2D eigenvalue weighted by molar-refractivity contribution is -0.124. The fourth-order valence-electron chi connectivity index (χ4n) is 2.20. The van der Waals surface area contributed by atoms with Crippen molar-refractivity contribution in [3.05, 3.63) is 22.4 Å². The predicted octanol–water partition coefficient (Wildman–Crippen LogP) is 0.270. The summed E-state index contributed by atoms with van der Waals surface area (Å²) in [6.07, 6.45) is 0.954. The van der Waals surface area contributed by atoms with Gasteiger partial charge in [-0.25, -0.2) is 8.42 Å². The molecule has 1 aliphatic heterocycles. The zero-order valence-corrected chi connectivity index (χ0v) is 11.5. The van der Waals surface area contributed by atoms with Crippen LogP contribution in [0.1, 0.15) is 17.7 Å². The topological polar surface area (TPSA) is 89.3 Å². The first-order chi connectivity index (χ1) is 8.44. The Labute approximate surface area is 110 Å². The van der Waals surface area contributed by atoms with Gasteiger partial charge in [0, 0.05) is 11.4 Å². The van der Waals surface area contributed by atoms with Gasteiger partial charge in [0.15, 0.2) is 9.84 Å². The van der Waals surface area contributed by atoms with Gasteiger partial charge in [0.05, 0.1) is 11.5 Å². The van der Waals surface area contributed by atoms with Crippen molar-refractivity contribution in [2.24, 2.45) is 5.73 Å². The highest BCUT2D eigenvalue weighted by Gasteiger charge is 2.43. The van der Waals surface area contributed by atoms with Gasteiger partial charge in [0.1, 0.15) is 5.54 Å². The lowest BCUT2D eigenvalue weighted by atomic mass is 9.94. The number of thiophene rings is 1. The standard InChI is InChI=1S/C11H16N2O3S2/c12-10(14)11(4-2-6-18(15,16)8-11)13-7-9-3-1-5-17-9/h1,3,5,13H,2,4,6-8H2,(H2,12,14). The van der Waals surface area contributed by atoms with Crippen LogP contribution >= 0.6 is 11.3 Å². The molecule has 3 N–H and O–H groups in total. The number of nitrogens with two attached hydrogens (primary N) is 1. The molecule has 1 unspecified atom stereocenters. The molecule has 0 radical (unpaired) electrons. The first-order valence-electron chi connectivity index (χ1n) is 5.71. The molecule has 18 heavy (non-hydrogen) atoms. The van der Waals surface area contributed by atoms with Crippen molar-refractivity contribution in [2.75, 3.05) is 11.5 Å². The van der Waals surface area contributed by atoms with Crippen LogP contribution in [-0.4, -0.2) is 31.4 Å². The van der Waals surface area contributed by atoms with E-state index in [1.54, 1.807) is 11.3 Å². The normalized spacial score (nSPS) is 26.9. The highest BCUT2D eigenvalue weighted by Crippen LogP contribution is 2.24. The minimum Gasteiger partial charge on any atom is -0.368 e. The average molecular weight is 288 g/mol. The first-order valence-corrected chi connectivity index (χ1v) is 8.41. The third-order valence-electron chi connectivity index (χ3n) is 3.18. The molecule has 2 rings (SSSR count). The number of sulfone groups is 1. The van der Waals surface area contributed by atoms with Gasteiger partial charge in [-0.15, -0.1) is 11.3 Å². The van der Waals surface area contributed by atoms with Gasteiger partial charge in [-0.05, 0) is 24.3 Å². The van der Waals surface area contributed by atoms with Crippen LogP contribution in [0.5, 0.6) is 0 Å². The molecule has 2 heterocycles. The van der Waals surface area contributed by atoms with Crippen LogP contribution in [0.2, 0.25) is 0 Å². The maximum absolute atomic E-state index is 11.7. The monoisotopic (exact) mass is 288 g/mol. The van der Waals surface area contributed by atoms with Crippen LogP contribution in [0.15, 0.2) is 17.5 Å². The number of rotatable bonds is 4. The summed E-state index contributed by atoms with van der Waals surface area (Å²) in [5.74, 6) is -0.633. The number of hydrogen-bond donors (Lipinski definition) is 2. The van der Waals surface area contributed by atoms with E-state index >= 15 is 0 Å². The van der Waals surface area contributed by atoms with Crippen molar-refractivity contribution in [3.8, 4) is 0 Å². The zero-order valence-electron chi connectivity index (χ0n) is 9.89. The van der Waals surface area contributed by atoms with Gasteiger partial charge >= 0.3 is 0 Å². The molecular formula is C11H16N2O3S2. The summed E-state index contributed by atoms with van der Waals surface area (Å²) < 4.78 is 23.4. The number of primary amides is 1. The minimum atomic E-state index is -3.19. The van der Waals surface area contributed by atoms with Gasteiger partial charge in [0.2, 0.25) is 5.91 Å². The van der Waals surface area contributed by atoms with E-state index in [2.05, 4.69) is 5.32 Å². The SMILES string of the molecule is NC(=O)C1(NCc2cccs2)CCCS(=O)(=O)C1. The summed E-state index contributed by atoms with van der Waals surface area (Å²) in [6.45, 7) is 0.468. The molecule has 0 aliphatic carbocycles. The third kappa shape index (κ3) is 2.90. The molecule has 1 aromatic heterocycles. The van der Waals surface area contributed by atoms with E-state index in [-0.39, 0.29) is 11.5 Å². The summed E-state index contributed by atoms with van der Waals surface area (Å²) in [4.78, 5) is 12.7. The highest BCUT2D eigenvalue weighted by molar-refractivity contribution is 7.91. The Hall–Kier alpha value is -0.920. The molecule has 1 aliphatic rings. The molecular weight excluding hydrogens is 272 g/mol. The Balaban J connectivity index is 2.14. The van der Waals surface area contributed by atoms with Crippen LogP contribution in [-0.2, 0) is 21.2 Å². The fraction of sp³-hybridized carbons (Fsp3) is 0.545. The molecule has 0 bridgehead atoms. The third-order valence-corrected chi connectivity index (χ3v) is 5.90. The number of hydrogen-bond acceptors (Lipinski definition) is 5. The Morgan fingerprint density at radius 1 is 1.56 bits per heavy atom. The van der Waals surface area contributed by atoms with Crippen molar-refractivity contribution in [2.45, 2.75) is 24.9 Å². The molecule has 7 heteroatoms. The smallest absolute Gasteiger partial charge is 0.238 e. The fourth-order valence-corrected chi connectivity index (χ4v) is 4.72.